The van der Waals surface area contributed by atoms with Crippen LogP contribution in [0.3, 0.4) is 0 Å². The summed E-state index contributed by atoms with van der Waals surface area (Å²) in [6.45, 7) is 0.343. The monoisotopic (exact) mass is 868 g/mol. The predicted octanol–water partition coefficient (Wildman–Crippen LogP) is 1.09. The fraction of sp³-hybridized carbons (Fsp3) is 0.385. The molecule has 0 aliphatic carbocycles. The van der Waals surface area contributed by atoms with E-state index in [0.29, 0.717) is 20.5 Å². The number of nitrogens with two attached hydrogens (primary N) is 1. The van der Waals surface area contributed by atoms with Crippen LogP contribution < -0.4 is 36.6 Å². The number of benzene rings is 2. The number of nitrogen functional groups attached to an aromatic ring is 1. The molecule has 0 fully saturated rings. The van der Waals surface area contributed by atoms with Gasteiger partial charge in [0.05, 0.1) is 73.1 Å². The molecule has 330 valence electrons. The number of hydrogen-bond acceptors (Lipinski definition) is 14. The topological polar surface area (TPSA) is 274 Å². The molecule has 62 heavy (non-hydrogen) atoms. The van der Waals surface area contributed by atoms with Gasteiger partial charge in [-0.3, -0.25) is 38.3 Å². The number of methoxy groups -OCH3 is 1. The molecule has 0 radical (unpaired) electrons. The predicted molar refractivity (Wildman–Crippen MR) is 216 cm³/mol. The minimum atomic E-state index is -5.31. The maximum absolute atomic E-state index is 13.6. The lowest BCUT2D eigenvalue weighted by Crippen LogP contribution is -2.42. The molecule has 2 aromatic carbocycles. The third kappa shape index (κ3) is 13.5. The van der Waals surface area contributed by atoms with E-state index >= 15 is 0 Å². The summed E-state index contributed by atoms with van der Waals surface area (Å²) < 4.78 is 57.0. The van der Waals surface area contributed by atoms with Crippen LogP contribution in [0, 0.1) is 11.3 Å². The second-order valence-corrected chi connectivity index (χ2v) is 14.2. The molecule has 2 aromatic heterocycles. The van der Waals surface area contributed by atoms with Gasteiger partial charge in [-0.25, -0.2) is 14.8 Å². The van der Waals surface area contributed by atoms with Crippen LogP contribution >= 0.6 is 0 Å². The van der Waals surface area contributed by atoms with Crippen molar-refractivity contribution in [3.63, 3.8) is 0 Å². The molecule has 0 spiro atoms. The van der Waals surface area contributed by atoms with Gasteiger partial charge in [0.1, 0.15) is 23.4 Å². The van der Waals surface area contributed by atoms with Gasteiger partial charge in [0.2, 0.25) is 11.9 Å². The van der Waals surface area contributed by atoms with Gasteiger partial charge in [-0.15, -0.1) is 0 Å². The van der Waals surface area contributed by atoms with E-state index in [0.717, 1.165) is 43.3 Å². The molecule has 0 aliphatic heterocycles. The van der Waals surface area contributed by atoms with E-state index in [4.69, 9.17) is 19.9 Å². The summed E-state index contributed by atoms with van der Waals surface area (Å²) >= 11 is 0. The summed E-state index contributed by atoms with van der Waals surface area (Å²) in [5, 5.41) is 17.3. The van der Waals surface area contributed by atoms with E-state index < -0.39 is 48.0 Å². The number of H-pyrrole nitrogens is 1. The number of quaternary nitrogens is 1. The molecule has 0 aliphatic rings. The molecular formula is C39H45F3N11O9+. The minimum Gasteiger partial charge on any atom is -0.467 e. The van der Waals surface area contributed by atoms with Crippen LogP contribution in [0.5, 0.6) is 0 Å². The Balaban J connectivity index is 1.19. The lowest BCUT2D eigenvalue weighted by Gasteiger charge is -2.24. The summed E-state index contributed by atoms with van der Waals surface area (Å²) in [6, 6.07) is 10.2. The van der Waals surface area contributed by atoms with Crippen LogP contribution in [0.25, 0.3) is 11.2 Å². The van der Waals surface area contributed by atoms with Crippen LogP contribution in [0.2, 0.25) is 0 Å². The second-order valence-electron chi connectivity index (χ2n) is 14.2. The van der Waals surface area contributed by atoms with Crippen molar-refractivity contribution in [1.82, 2.24) is 40.4 Å². The lowest BCUT2D eigenvalue weighted by molar-refractivity contribution is -0.170. The Hall–Kier alpha value is -7.03. The number of amides is 4. The Morgan fingerprint density at radius 2 is 1.58 bits per heavy atom. The van der Waals surface area contributed by atoms with Crippen molar-refractivity contribution < 1.29 is 51.4 Å². The van der Waals surface area contributed by atoms with Gasteiger partial charge in [-0.05, 0) is 42.8 Å². The highest BCUT2D eigenvalue weighted by Gasteiger charge is 2.43. The normalized spacial score (nSPS) is 11.9. The second kappa shape index (κ2) is 21.5. The summed E-state index contributed by atoms with van der Waals surface area (Å²) in [5.41, 5.74) is 5.18. The average molecular weight is 869 g/mol. The molecule has 0 saturated heterocycles. The van der Waals surface area contributed by atoms with E-state index in [1.54, 1.807) is 18.2 Å². The lowest BCUT2D eigenvalue weighted by atomic mass is 10.1. The van der Waals surface area contributed by atoms with Gasteiger partial charge in [-0.2, -0.15) is 23.4 Å². The number of nitriles is 1. The molecular weight excluding hydrogens is 823 g/mol. The zero-order chi connectivity index (χ0) is 45.6. The van der Waals surface area contributed by atoms with Crippen LogP contribution in [-0.2, 0) is 35.1 Å². The van der Waals surface area contributed by atoms with Crippen molar-refractivity contribution in [2.24, 2.45) is 0 Å². The fourth-order valence-corrected chi connectivity index (χ4v) is 5.71. The summed E-state index contributed by atoms with van der Waals surface area (Å²) in [4.78, 5) is 89.4. The van der Waals surface area contributed by atoms with E-state index in [9.17, 15) is 47.2 Å². The number of fused-ring (bicyclic) bond motifs is 1. The Bertz CT molecular complexity index is 2360. The largest absolute Gasteiger partial charge is 0.471 e. The number of halogens is 3. The van der Waals surface area contributed by atoms with Gasteiger partial charge < -0.3 is 35.9 Å². The number of hydrogen-bond donors (Lipinski definition) is 5. The minimum absolute atomic E-state index is 0.102. The molecule has 4 aromatic rings. The van der Waals surface area contributed by atoms with Crippen LogP contribution in [-0.4, -0.2) is 130 Å². The third-order valence-electron chi connectivity index (χ3n) is 8.76. The van der Waals surface area contributed by atoms with Crippen molar-refractivity contribution >= 4 is 58.1 Å². The van der Waals surface area contributed by atoms with Gasteiger partial charge in [0.15, 0.2) is 11.2 Å². The zero-order valence-electron chi connectivity index (χ0n) is 34.1. The van der Waals surface area contributed by atoms with Crippen molar-refractivity contribution in [2.45, 2.75) is 31.6 Å². The first-order chi connectivity index (χ1) is 29.3. The first kappa shape index (κ1) is 47.6. The Kier molecular flexibility index (Phi) is 16.5. The zero-order valence-corrected chi connectivity index (χ0v) is 34.1. The van der Waals surface area contributed by atoms with E-state index in [1.807, 2.05) is 21.1 Å². The van der Waals surface area contributed by atoms with Crippen molar-refractivity contribution in [2.75, 3.05) is 78.4 Å². The smallest absolute Gasteiger partial charge is 0.467 e. The molecule has 4 amide bonds. The van der Waals surface area contributed by atoms with Gasteiger partial charge in [0.25, 0.3) is 17.4 Å². The Morgan fingerprint density at radius 3 is 2.19 bits per heavy atom. The molecule has 23 heteroatoms. The first-order valence-electron chi connectivity index (χ1n) is 18.8. The molecule has 0 saturated carbocycles. The molecule has 2 heterocycles. The Labute approximate surface area is 352 Å². The number of alkyl halides is 3. The molecule has 1 atom stereocenters. The molecule has 20 nitrogen and oxygen atoms in total. The molecule has 0 unspecified atom stereocenters. The van der Waals surface area contributed by atoms with Crippen LogP contribution in [0.4, 0.5) is 30.5 Å². The number of rotatable bonds is 20. The average Bonchev–Trinajstić information content (AvgIpc) is 3.23. The summed E-state index contributed by atoms with van der Waals surface area (Å²) in [6.07, 6.45) is -4.65. The van der Waals surface area contributed by atoms with E-state index in [1.165, 1.54) is 0 Å². The first-order valence-corrected chi connectivity index (χ1v) is 18.8. The number of nitrogens with zero attached hydrogens (tertiary/aromatic N) is 6. The number of esters is 1. The molecule has 4 rings (SSSR count). The van der Waals surface area contributed by atoms with Gasteiger partial charge in [0, 0.05) is 42.4 Å². The van der Waals surface area contributed by atoms with E-state index in [-0.39, 0.29) is 92.3 Å². The number of ether oxygens (including phenoxy) is 3. The highest BCUT2D eigenvalue weighted by molar-refractivity contribution is 6.00. The number of anilines is 2. The fourth-order valence-electron chi connectivity index (χ4n) is 5.71. The number of aromatic nitrogens is 4. The maximum Gasteiger partial charge on any atom is 0.471 e. The van der Waals surface area contributed by atoms with Gasteiger partial charge >= 0.3 is 18.1 Å². The summed E-state index contributed by atoms with van der Waals surface area (Å²) in [7, 11) is 6.85. The SMILES string of the molecule is COC(=O)[C@H](CCC(=O)NCCOCCOCCNC(=O)c1ccc([N+](C)(C)C)c(C#N)c1)NC(=O)c1ccc(N(Cc2cnc3nc(N)[nH]c(=O)c3n2)C(=O)C(F)(F)F)cc1. The van der Waals surface area contributed by atoms with Crippen LogP contribution in [0.15, 0.2) is 53.5 Å². The van der Waals surface area contributed by atoms with E-state index in [2.05, 4.69) is 42.0 Å². The number of carbonyl (C=O) groups excluding carboxylic acids is 5. The van der Waals surface area contributed by atoms with Crippen molar-refractivity contribution in [3.05, 3.63) is 81.4 Å². The highest BCUT2D eigenvalue weighted by atomic mass is 19.4. The number of aromatic amines is 1. The maximum atomic E-state index is 13.6. The van der Waals surface area contributed by atoms with Crippen molar-refractivity contribution in [3.8, 4) is 6.07 Å². The highest BCUT2D eigenvalue weighted by Crippen LogP contribution is 2.26. The van der Waals surface area contributed by atoms with Crippen molar-refractivity contribution in [1.29, 1.82) is 5.26 Å². The quantitative estimate of drug-likeness (QED) is 0.0473. The van der Waals surface area contributed by atoms with Gasteiger partial charge in [-0.1, -0.05) is 0 Å². The third-order valence-corrected chi connectivity index (χ3v) is 8.76. The number of carbonyl (C=O) groups is 5. The molecule has 0 bridgehead atoms. The van der Waals surface area contributed by atoms with Crippen LogP contribution in [0.1, 0.15) is 44.8 Å². The number of nitrogens with one attached hydrogen (secondary N) is 4. The summed E-state index contributed by atoms with van der Waals surface area (Å²) in [5.74, 6) is -5.01. The Morgan fingerprint density at radius 1 is 0.935 bits per heavy atom. The molecule has 6 N–H and O–H groups in total. The standard InChI is InChI=1S/C39H44F3N11O9/c1-53(2,3)29-11-7-24(19-25(29)20-43)33(55)46-14-16-62-18-17-61-15-13-45-30(54)12-10-28(36(58)60-4)49-34(56)23-5-8-27(9-6-23)52(37(59)39(40,41)42)22-26-21-47-32-31(48-26)35(57)51-38(44)50-32/h5-9,11,19,21,28H,10,12-18,22H2,1-4H3,(H5-,44,45,46,47,49,50,51,54,55,56,57)/p+1/t28-/m0/s1.